The largest absolute Gasteiger partial charge is 0.333 e. The van der Waals surface area contributed by atoms with Crippen LogP contribution >= 0.6 is 0 Å². The number of hydrogen-bond acceptors (Lipinski definition) is 0. The monoisotopic (exact) mass is 1300 g/mol. The second kappa shape index (κ2) is 70.0. The normalized spacial score (nSPS) is 12.0. The van der Waals surface area contributed by atoms with Crippen LogP contribution in [0.4, 0.5) is 0 Å². The summed E-state index contributed by atoms with van der Waals surface area (Å²) in [6, 6.07) is 0. The summed E-state index contributed by atoms with van der Waals surface area (Å²) in [5, 5.41) is 0. The summed E-state index contributed by atoms with van der Waals surface area (Å²) in [5.41, 5.74) is 0. The lowest BCUT2D eigenvalue weighted by Gasteiger charge is -2.39. The molecule has 0 unspecified atom stereocenters. The first-order chi connectivity index (χ1) is 42.0. The molecule has 0 bridgehead atoms. The van der Waals surface area contributed by atoms with Crippen molar-refractivity contribution >= 4 is 0 Å². The molecule has 558 valence electrons. The van der Waals surface area contributed by atoms with Crippen LogP contribution in [0.3, 0.4) is 0 Å². The molecule has 0 aliphatic rings. The van der Waals surface area contributed by atoms with Crippen molar-refractivity contribution in [1.29, 1.82) is 0 Å². The highest BCUT2D eigenvalue weighted by atomic mass is 15.4. The van der Waals surface area contributed by atoms with Crippen LogP contribution in [-0.2, 0) is 0 Å². The molecule has 0 aromatic heterocycles. The van der Waals surface area contributed by atoms with Crippen molar-refractivity contribution in [2.75, 3.05) is 242 Å². The van der Waals surface area contributed by atoms with E-state index in [4.69, 9.17) is 0 Å². The Labute approximate surface area is 580 Å². The van der Waals surface area contributed by atoms with Crippen LogP contribution in [-0.4, -0.2) is 282 Å². The molecular weight excluding hydrogens is 1100 g/mol. The predicted molar refractivity (Wildman–Crippen MR) is 423 cm³/mol. The molecule has 0 heterocycles. The van der Waals surface area contributed by atoms with E-state index in [1.807, 2.05) is 0 Å². The highest BCUT2D eigenvalue weighted by Crippen LogP contribution is 2.17. The van der Waals surface area contributed by atoms with Crippen molar-refractivity contribution in [3.05, 3.63) is 0 Å². The molecule has 0 radical (unpaired) electrons. The summed E-state index contributed by atoms with van der Waals surface area (Å²) in [4.78, 5) is 0. The summed E-state index contributed by atoms with van der Waals surface area (Å²) < 4.78 is 11.1. The van der Waals surface area contributed by atoms with Crippen LogP contribution in [0.2, 0.25) is 0 Å². The van der Waals surface area contributed by atoms with Crippen LogP contribution in [0.15, 0.2) is 0 Å². The first kappa shape index (κ1) is 108. The molecule has 9 heteroatoms. The number of rotatable bonds is 45. The van der Waals surface area contributed by atoms with E-state index >= 15 is 0 Å². The molecule has 0 amide bonds. The van der Waals surface area contributed by atoms with Gasteiger partial charge in [0.25, 0.3) is 0 Å². The van der Waals surface area contributed by atoms with Crippen molar-refractivity contribution in [2.24, 2.45) is 0 Å². The molecule has 0 saturated carbocycles. The summed E-state index contributed by atoms with van der Waals surface area (Å²) in [7, 11) is 26.6. The fourth-order valence-corrected chi connectivity index (χ4v) is 11.4. The Bertz CT molecular complexity index is 1170. The lowest BCUT2D eigenvalue weighted by molar-refractivity contribution is -0.929. The Morgan fingerprint density at radius 2 is 0.333 bits per heavy atom. The van der Waals surface area contributed by atoms with Gasteiger partial charge in [-0.1, -0.05) is 142 Å². The van der Waals surface area contributed by atoms with Crippen LogP contribution in [0.1, 0.15) is 301 Å². The van der Waals surface area contributed by atoms with Gasteiger partial charge in [-0.2, -0.15) is 0 Å². The van der Waals surface area contributed by atoms with Gasteiger partial charge in [-0.15, -0.1) is 0 Å². The van der Waals surface area contributed by atoms with Gasteiger partial charge in [-0.25, -0.2) is 0 Å². The molecule has 0 aromatic carbocycles. The third-order valence-electron chi connectivity index (χ3n) is 19.8. The Balaban J connectivity index is -0.000000120. The van der Waals surface area contributed by atoms with E-state index in [0.717, 1.165) is 13.4 Å². The zero-order chi connectivity index (χ0) is 72.3. The van der Waals surface area contributed by atoms with E-state index in [1.165, 1.54) is 319 Å². The summed E-state index contributed by atoms with van der Waals surface area (Å²) in [6.07, 6.45) is 28.5. The number of unbranched alkanes of at least 4 members (excludes halogenated alkanes) is 7. The van der Waals surface area contributed by atoms with Gasteiger partial charge in [0.15, 0.2) is 0 Å². The first-order valence-corrected chi connectivity index (χ1v) is 40.4. The Morgan fingerprint density at radius 3 is 0.444 bits per heavy atom. The Hall–Kier alpha value is -0.360. The Kier molecular flexibility index (Phi) is 84.2. The molecule has 0 aromatic rings. The zero-order valence-corrected chi connectivity index (χ0v) is 71.8. The molecule has 0 saturated heterocycles. The number of quaternary nitrogens is 9. The smallest absolute Gasteiger partial charge is 0.0786 e. The van der Waals surface area contributed by atoms with Crippen LogP contribution in [0.25, 0.3) is 0 Å². The maximum atomic E-state index is 2.45. The Morgan fingerprint density at radius 1 is 0.156 bits per heavy atom. The maximum Gasteiger partial charge on any atom is 0.0786 e. The standard InChI is InChI=1S/C16H36N.C13H30N.C12H28N.C10H24N.C8H20N.C7H18N.C6H16N.C5H14N.C4H12N/c1-5-9-13-17(14-10-6-2,15-11-7-3)16-12-8-4;1-5-8-11-14(4,12-9-6-2)13-10-7-3;1-5-9-13(10-6-2,11-7-3)12-8-4;1-5-8-11(4,9-6-2)10-7-3;1-5-9(6-2,7-3)8-4;1-5-8(4,6-2)7-3;1-5-7(3,4)6-2;1-5-6(2,3)4;1-5(2,3)4/h5-16H2,1-4H3;5-13H2,1-4H3;5-12H2,1-4H3;5-10H2,1-4H3;5-8H2,1-4H3;5-7H2,1-4H3;5-6H2,1-4H3;5H2,1-4H3;1-4H3/q9*+1. The van der Waals surface area contributed by atoms with E-state index < -0.39 is 0 Å². The third-order valence-corrected chi connectivity index (χ3v) is 19.8. The zero-order valence-electron chi connectivity index (χ0n) is 71.8. The maximum absolute atomic E-state index is 2.45. The molecule has 0 N–H and O–H groups in total. The number of hydrogen-bond donors (Lipinski definition) is 0. The van der Waals surface area contributed by atoms with Gasteiger partial charge in [-0.3, -0.25) is 0 Å². The lowest BCUT2D eigenvalue weighted by atomic mass is 10.1. The van der Waals surface area contributed by atoms with Crippen molar-refractivity contribution in [3.63, 3.8) is 0 Å². The van der Waals surface area contributed by atoms with Crippen LogP contribution in [0.5, 0.6) is 0 Å². The molecule has 90 heavy (non-hydrogen) atoms. The van der Waals surface area contributed by atoms with Crippen molar-refractivity contribution in [1.82, 2.24) is 0 Å². The molecule has 0 aliphatic heterocycles. The minimum Gasteiger partial charge on any atom is -0.333 e. The minimum absolute atomic E-state index is 1.00. The average Bonchev–Trinajstić information content (AvgIpc) is 3.72. The summed E-state index contributed by atoms with van der Waals surface area (Å²) >= 11 is 0. The fraction of sp³-hybridized carbons (Fsp3) is 1.00. The molecule has 0 spiro atoms. The van der Waals surface area contributed by atoms with Gasteiger partial charge < -0.3 is 40.3 Å². The highest BCUT2D eigenvalue weighted by molar-refractivity contribution is 4.50. The van der Waals surface area contributed by atoms with Crippen molar-refractivity contribution in [2.45, 2.75) is 301 Å². The van der Waals surface area contributed by atoms with Crippen LogP contribution < -0.4 is 0 Å². The van der Waals surface area contributed by atoms with E-state index in [0.29, 0.717) is 0 Å². The van der Waals surface area contributed by atoms with Gasteiger partial charge >= 0.3 is 0 Å². The average molecular weight is 1300 g/mol. The molecule has 9 nitrogen and oxygen atoms in total. The quantitative estimate of drug-likeness (QED) is 0.0533. The van der Waals surface area contributed by atoms with Gasteiger partial charge in [0.1, 0.15) is 0 Å². The van der Waals surface area contributed by atoms with Crippen molar-refractivity contribution < 1.29 is 40.3 Å². The summed E-state index contributed by atoms with van der Waals surface area (Å²) in [6.45, 7) is 86.7. The van der Waals surface area contributed by atoms with Crippen LogP contribution in [0, 0.1) is 0 Å². The molecule has 0 rings (SSSR count). The molecule has 0 atom stereocenters. The first-order valence-electron chi connectivity index (χ1n) is 40.4. The lowest BCUT2D eigenvalue weighted by Crippen LogP contribution is -2.50. The van der Waals surface area contributed by atoms with E-state index in [2.05, 4.69) is 251 Å². The molecule has 0 aliphatic carbocycles. The minimum atomic E-state index is 1.00. The topological polar surface area (TPSA) is 0 Å². The van der Waals surface area contributed by atoms with Crippen molar-refractivity contribution in [3.8, 4) is 0 Å². The number of nitrogens with zero attached hydrogens (tertiary/aromatic N) is 9. The second-order valence-electron chi connectivity index (χ2n) is 31.6. The fourth-order valence-electron chi connectivity index (χ4n) is 11.4. The van der Waals surface area contributed by atoms with Gasteiger partial charge in [0.2, 0.25) is 0 Å². The third kappa shape index (κ3) is 76.7. The SMILES string of the molecule is CCCC[N+](C)(CCCC)CCCC.CCCC[N+](CCCC)(CCCC)CCCC.CCC[N+](C)(CCC)CCC.CCC[N+](CCC)(CCC)CCC.CC[N+](C)(C)C.CC[N+](C)(C)CC.CC[N+](C)(CC)CC.CC[N+](CC)(CC)CC.C[N+](C)(C)C. The van der Waals surface area contributed by atoms with Gasteiger partial charge in [0.05, 0.1) is 242 Å². The predicted octanol–water partition coefficient (Wildman–Crippen LogP) is 20.5. The summed E-state index contributed by atoms with van der Waals surface area (Å²) in [5.74, 6) is 0. The highest BCUT2D eigenvalue weighted by Gasteiger charge is 2.26. The van der Waals surface area contributed by atoms with E-state index in [-0.39, 0.29) is 0 Å². The van der Waals surface area contributed by atoms with E-state index in [9.17, 15) is 0 Å². The molecule has 0 fully saturated rings. The molecular formula is C81H198N9+9. The second-order valence-corrected chi connectivity index (χ2v) is 31.6. The van der Waals surface area contributed by atoms with Gasteiger partial charge in [-0.05, 0) is 159 Å². The van der Waals surface area contributed by atoms with Gasteiger partial charge in [0, 0.05) is 0 Å². The van der Waals surface area contributed by atoms with E-state index in [1.54, 1.807) is 0 Å².